The molecule has 2 aliphatic carbocycles. The number of allylic oxidation sites excluding steroid dienone is 1. The van der Waals surface area contributed by atoms with Gasteiger partial charge in [-0.15, -0.1) is 6.58 Å². The van der Waals surface area contributed by atoms with Crippen LogP contribution in [0, 0.1) is 23.7 Å². The summed E-state index contributed by atoms with van der Waals surface area (Å²) in [5.74, 6) is -0.753. The number of methoxy groups -OCH3 is 1. The highest BCUT2D eigenvalue weighted by molar-refractivity contribution is 7.91. The minimum atomic E-state index is -3.50. The van der Waals surface area contributed by atoms with E-state index in [9.17, 15) is 22.8 Å². The molecule has 0 bridgehead atoms. The molecule has 5 rings (SSSR count). The van der Waals surface area contributed by atoms with Crippen LogP contribution in [0.15, 0.2) is 35.7 Å². The van der Waals surface area contributed by atoms with E-state index in [1.165, 1.54) is 7.11 Å². The average molecular weight is 577 g/mol. The van der Waals surface area contributed by atoms with Crippen LogP contribution in [0.1, 0.15) is 113 Å². The predicted octanol–water partition coefficient (Wildman–Crippen LogP) is 6.33. The number of ketones is 2. The van der Waals surface area contributed by atoms with Crippen molar-refractivity contribution in [3.05, 3.63) is 75.4 Å². The van der Waals surface area contributed by atoms with Gasteiger partial charge in [0.15, 0.2) is 21.4 Å². The van der Waals surface area contributed by atoms with E-state index in [0.717, 1.165) is 24.0 Å². The van der Waals surface area contributed by atoms with Gasteiger partial charge in [-0.2, -0.15) is 0 Å². The van der Waals surface area contributed by atoms with Crippen LogP contribution in [0.2, 0.25) is 0 Å². The molecule has 218 valence electrons. The molecule has 41 heavy (non-hydrogen) atoms. The van der Waals surface area contributed by atoms with Crippen molar-refractivity contribution in [2.24, 2.45) is 16.7 Å². The summed E-state index contributed by atoms with van der Waals surface area (Å²) in [6.07, 6.45) is 5.79. The second kappa shape index (κ2) is 10.0. The molecule has 0 amide bonds. The van der Waals surface area contributed by atoms with Gasteiger partial charge >= 0.3 is 5.97 Å². The summed E-state index contributed by atoms with van der Waals surface area (Å²) >= 11 is 0. The fourth-order valence-electron chi connectivity index (χ4n) is 7.87. The smallest absolute Gasteiger partial charge is 0.311 e. The van der Waals surface area contributed by atoms with Crippen LogP contribution in [-0.2, 0) is 32.2 Å². The standard InChI is InChI=1S/C34H40O6S/c1-8-33(5)13-9-14-34(6,32(37)40-7)26(33)11-10-21-17-22(19(2)3)18-25-27(21)30(36)28-23-12-15-41(38,39)31(23)20(4)16-24(28)29(25)35/h8,16-19,26H,1,9-15H2,2-7H3/t26-,33+,34-/m1/s1. The van der Waals surface area contributed by atoms with Gasteiger partial charge in [-0.25, -0.2) is 8.42 Å². The fourth-order valence-corrected chi connectivity index (χ4v) is 9.68. The number of carbonyl (C=O) groups excluding carboxylic acids is 3. The average Bonchev–Trinajstić information content (AvgIpc) is 3.25. The Kier molecular flexibility index (Phi) is 7.21. The predicted molar refractivity (Wildman–Crippen MR) is 158 cm³/mol. The van der Waals surface area contributed by atoms with Crippen molar-refractivity contribution in [3.63, 3.8) is 0 Å². The van der Waals surface area contributed by atoms with E-state index >= 15 is 0 Å². The quantitative estimate of drug-likeness (QED) is 0.252. The van der Waals surface area contributed by atoms with E-state index in [0.29, 0.717) is 47.1 Å². The number of sulfone groups is 1. The van der Waals surface area contributed by atoms with Gasteiger partial charge in [0.1, 0.15) is 0 Å². The number of hydrogen-bond donors (Lipinski definition) is 0. The van der Waals surface area contributed by atoms with Crippen molar-refractivity contribution in [2.75, 3.05) is 12.9 Å². The Morgan fingerprint density at radius 2 is 1.78 bits per heavy atom. The zero-order valence-corrected chi connectivity index (χ0v) is 25.8. The first-order valence-electron chi connectivity index (χ1n) is 14.6. The van der Waals surface area contributed by atoms with Gasteiger partial charge in [0.2, 0.25) is 0 Å². The molecule has 2 aromatic rings. The molecule has 0 N–H and O–H groups in total. The summed E-state index contributed by atoms with van der Waals surface area (Å²) in [6, 6.07) is 5.44. The summed E-state index contributed by atoms with van der Waals surface area (Å²) < 4.78 is 31.0. The Hall–Kier alpha value is -3.06. The maximum atomic E-state index is 14.3. The van der Waals surface area contributed by atoms with E-state index in [1.807, 2.05) is 25.1 Å². The number of esters is 1. The first kappa shape index (κ1) is 29.4. The van der Waals surface area contributed by atoms with Crippen LogP contribution < -0.4 is 0 Å². The molecule has 2 aromatic carbocycles. The van der Waals surface area contributed by atoms with Gasteiger partial charge in [0.05, 0.1) is 23.2 Å². The Morgan fingerprint density at radius 3 is 2.41 bits per heavy atom. The molecule has 0 aromatic heterocycles. The summed E-state index contributed by atoms with van der Waals surface area (Å²) in [6.45, 7) is 14.0. The molecule has 0 unspecified atom stereocenters. The Morgan fingerprint density at radius 1 is 1.10 bits per heavy atom. The lowest BCUT2D eigenvalue weighted by molar-refractivity contribution is -0.162. The summed E-state index contributed by atoms with van der Waals surface area (Å²) in [7, 11) is -2.07. The van der Waals surface area contributed by atoms with Gasteiger partial charge in [0, 0.05) is 22.3 Å². The van der Waals surface area contributed by atoms with Gasteiger partial charge in [-0.1, -0.05) is 39.3 Å². The minimum absolute atomic E-state index is 0.0545. The van der Waals surface area contributed by atoms with Crippen LogP contribution in [-0.4, -0.2) is 38.8 Å². The largest absolute Gasteiger partial charge is 0.469 e. The minimum Gasteiger partial charge on any atom is -0.469 e. The summed E-state index contributed by atoms with van der Waals surface area (Å²) in [5.41, 5.74) is 3.04. The van der Waals surface area contributed by atoms with E-state index in [-0.39, 0.29) is 57.4 Å². The molecular weight excluding hydrogens is 536 g/mol. The summed E-state index contributed by atoms with van der Waals surface area (Å²) in [5, 5.41) is 0. The monoisotopic (exact) mass is 576 g/mol. The zero-order chi connectivity index (χ0) is 30.1. The molecule has 0 saturated heterocycles. The molecule has 3 aliphatic rings. The number of rotatable bonds is 6. The van der Waals surface area contributed by atoms with Crippen LogP contribution in [0.3, 0.4) is 0 Å². The zero-order valence-electron chi connectivity index (χ0n) is 25.0. The molecule has 0 radical (unpaired) electrons. The third kappa shape index (κ3) is 4.43. The Labute approximate surface area is 243 Å². The van der Waals surface area contributed by atoms with Crippen molar-refractivity contribution in [2.45, 2.75) is 84.0 Å². The number of ether oxygens (including phenoxy) is 1. The molecule has 1 aliphatic heterocycles. The fraction of sp³-hybridized carbons (Fsp3) is 0.500. The molecule has 3 atom stereocenters. The van der Waals surface area contributed by atoms with Crippen molar-refractivity contribution < 1.29 is 27.5 Å². The Bertz CT molecular complexity index is 1610. The van der Waals surface area contributed by atoms with Crippen molar-refractivity contribution in [1.29, 1.82) is 0 Å². The first-order chi connectivity index (χ1) is 19.2. The van der Waals surface area contributed by atoms with E-state index in [1.54, 1.807) is 13.0 Å². The van der Waals surface area contributed by atoms with Crippen molar-refractivity contribution in [1.82, 2.24) is 0 Å². The normalized spacial score (nSPS) is 26.4. The van der Waals surface area contributed by atoms with E-state index in [2.05, 4.69) is 27.4 Å². The highest BCUT2D eigenvalue weighted by Gasteiger charge is 2.52. The summed E-state index contributed by atoms with van der Waals surface area (Å²) in [4.78, 5) is 41.6. The third-order valence-electron chi connectivity index (χ3n) is 10.1. The lowest BCUT2D eigenvalue weighted by Crippen LogP contribution is -2.48. The van der Waals surface area contributed by atoms with E-state index < -0.39 is 15.3 Å². The highest BCUT2D eigenvalue weighted by atomic mass is 32.2. The number of fused-ring (bicyclic) bond motifs is 4. The first-order valence-corrected chi connectivity index (χ1v) is 16.2. The SMILES string of the molecule is C=C[C@@]1(C)CCC[C@@](C)(C(=O)OC)[C@@H]1CCc1cc(C(C)C)cc2c1C(=O)c1c(cc(C)c3c1CCS3(=O)=O)C2=O. The van der Waals surface area contributed by atoms with Crippen LogP contribution in [0.4, 0.5) is 0 Å². The molecular formula is C34H40O6S. The maximum Gasteiger partial charge on any atom is 0.311 e. The third-order valence-corrected chi connectivity index (χ3v) is 12.1. The lowest BCUT2D eigenvalue weighted by Gasteiger charge is -2.49. The molecule has 6 nitrogen and oxygen atoms in total. The van der Waals surface area contributed by atoms with E-state index in [4.69, 9.17) is 4.74 Å². The van der Waals surface area contributed by atoms with Crippen molar-refractivity contribution >= 4 is 27.4 Å². The van der Waals surface area contributed by atoms with Crippen LogP contribution in [0.5, 0.6) is 0 Å². The Balaban J connectivity index is 1.65. The molecule has 1 fully saturated rings. The maximum absolute atomic E-state index is 14.3. The number of benzene rings is 2. The van der Waals surface area contributed by atoms with Gasteiger partial charge in [-0.05, 0) is 97.6 Å². The molecule has 1 heterocycles. The van der Waals surface area contributed by atoms with Gasteiger partial charge < -0.3 is 4.74 Å². The number of hydrogen-bond acceptors (Lipinski definition) is 6. The molecule has 1 saturated carbocycles. The second-order valence-corrected chi connectivity index (χ2v) is 15.0. The lowest BCUT2D eigenvalue weighted by atomic mass is 9.54. The van der Waals surface area contributed by atoms with Crippen LogP contribution >= 0.6 is 0 Å². The van der Waals surface area contributed by atoms with Crippen LogP contribution in [0.25, 0.3) is 0 Å². The van der Waals surface area contributed by atoms with Crippen molar-refractivity contribution in [3.8, 4) is 0 Å². The molecule has 0 spiro atoms. The van der Waals surface area contributed by atoms with Gasteiger partial charge in [-0.3, -0.25) is 14.4 Å². The number of carbonyl (C=O) groups is 3. The highest BCUT2D eigenvalue weighted by Crippen LogP contribution is 2.54. The number of aryl methyl sites for hydroxylation is 2. The second-order valence-electron chi connectivity index (χ2n) is 13.0. The van der Waals surface area contributed by atoms with Gasteiger partial charge in [0.25, 0.3) is 0 Å². The topological polar surface area (TPSA) is 94.6 Å². The molecule has 7 heteroatoms.